The smallest absolute Gasteiger partial charge is 0.161 e. The van der Waals surface area contributed by atoms with Gasteiger partial charge in [0.1, 0.15) is 17.5 Å². The van der Waals surface area contributed by atoms with Gasteiger partial charge >= 0.3 is 0 Å². The zero-order valence-electron chi connectivity index (χ0n) is 14.1. The highest BCUT2D eigenvalue weighted by molar-refractivity contribution is 5.80. The maximum absolute atomic E-state index is 9.62. The summed E-state index contributed by atoms with van der Waals surface area (Å²) in [7, 11) is 5.25. The fourth-order valence-electron chi connectivity index (χ4n) is 3.14. The van der Waals surface area contributed by atoms with Gasteiger partial charge in [-0.15, -0.1) is 0 Å². The lowest BCUT2D eigenvalue weighted by Crippen LogP contribution is -2.28. The van der Waals surface area contributed by atoms with Crippen molar-refractivity contribution in [2.45, 2.75) is 13.0 Å². The largest absolute Gasteiger partial charge is 0.493 e. The number of nitrogens with two attached hydrogens (primary N) is 1. The Morgan fingerprint density at radius 1 is 1.25 bits per heavy atom. The third-order valence-corrected chi connectivity index (χ3v) is 4.35. The van der Waals surface area contributed by atoms with E-state index in [0.717, 1.165) is 41.9 Å². The monoisotopic (exact) mass is 324 g/mol. The molecular weight excluding hydrogens is 304 g/mol. The van der Waals surface area contributed by atoms with Crippen LogP contribution >= 0.6 is 0 Å². The van der Waals surface area contributed by atoms with Crippen LogP contribution in [-0.2, 0) is 13.0 Å². The molecule has 0 unspecified atom stereocenters. The highest BCUT2D eigenvalue weighted by atomic mass is 16.5. The second-order valence-electron chi connectivity index (χ2n) is 5.84. The minimum Gasteiger partial charge on any atom is -0.493 e. The van der Waals surface area contributed by atoms with Crippen molar-refractivity contribution in [3.63, 3.8) is 0 Å². The third-order valence-electron chi connectivity index (χ3n) is 4.35. The van der Waals surface area contributed by atoms with Gasteiger partial charge < -0.3 is 20.1 Å². The van der Waals surface area contributed by atoms with Crippen LogP contribution in [0.15, 0.2) is 18.2 Å². The summed E-state index contributed by atoms with van der Waals surface area (Å²) in [5.74, 6) is 1.55. The molecule has 1 aliphatic rings. The normalized spacial score (nSPS) is 13.9. The molecule has 0 saturated carbocycles. The van der Waals surface area contributed by atoms with Gasteiger partial charge in [0.2, 0.25) is 0 Å². The van der Waals surface area contributed by atoms with Crippen molar-refractivity contribution in [3.05, 3.63) is 35.0 Å². The summed E-state index contributed by atoms with van der Waals surface area (Å²) in [4.78, 5) is 6.67. The van der Waals surface area contributed by atoms with E-state index in [-0.39, 0.29) is 5.82 Å². The fourth-order valence-corrected chi connectivity index (χ4v) is 3.14. The van der Waals surface area contributed by atoms with E-state index in [1.807, 2.05) is 18.2 Å². The number of hydrogen-bond acceptors (Lipinski definition) is 6. The first-order chi connectivity index (χ1) is 11.6. The summed E-state index contributed by atoms with van der Waals surface area (Å²) in [6.07, 6.45) is 0.821. The number of nitrogen functional groups attached to an aromatic ring is 1. The number of ether oxygens (including phenoxy) is 2. The molecule has 1 aromatic carbocycles. The van der Waals surface area contributed by atoms with Gasteiger partial charge in [-0.3, -0.25) is 0 Å². The van der Waals surface area contributed by atoms with Crippen molar-refractivity contribution in [2.24, 2.45) is 0 Å². The summed E-state index contributed by atoms with van der Waals surface area (Å²) in [5.41, 5.74) is 10.2. The predicted molar refractivity (Wildman–Crippen MR) is 91.9 cm³/mol. The molecule has 0 spiro atoms. The minimum atomic E-state index is 0.283. The number of rotatable bonds is 3. The van der Waals surface area contributed by atoms with E-state index in [1.165, 1.54) is 0 Å². The van der Waals surface area contributed by atoms with E-state index in [1.54, 1.807) is 14.2 Å². The standard InChI is InChI=1S/C18H20N4O2/c1-22-7-6-14-13(10-22)17(12(9-19)18(20)21-14)11-4-5-15(23-2)16(8-11)24-3/h4-5,8H,6-7,10H2,1-3H3,(H2,20,21). The second kappa shape index (κ2) is 6.38. The zero-order valence-corrected chi connectivity index (χ0v) is 14.1. The maximum Gasteiger partial charge on any atom is 0.161 e. The van der Waals surface area contributed by atoms with Crippen molar-refractivity contribution in [3.8, 4) is 28.7 Å². The lowest BCUT2D eigenvalue weighted by Gasteiger charge is -2.27. The topological polar surface area (TPSA) is 84.4 Å². The summed E-state index contributed by atoms with van der Waals surface area (Å²) in [6.45, 7) is 1.66. The first-order valence-electron chi connectivity index (χ1n) is 7.71. The van der Waals surface area contributed by atoms with Gasteiger partial charge in [-0.05, 0) is 30.3 Å². The average Bonchev–Trinajstić information content (AvgIpc) is 2.60. The summed E-state index contributed by atoms with van der Waals surface area (Å²) in [5, 5.41) is 9.62. The van der Waals surface area contributed by atoms with Crippen LogP contribution in [0.3, 0.4) is 0 Å². The summed E-state index contributed by atoms with van der Waals surface area (Å²) in [6, 6.07) is 7.85. The molecule has 0 radical (unpaired) electrons. The minimum absolute atomic E-state index is 0.283. The number of hydrogen-bond donors (Lipinski definition) is 1. The number of aromatic nitrogens is 1. The number of benzene rings is 1. The van der Waals surface area contributed by atoms with E-state index in [4.69, 9.17) is 15.2 Å². The van der Waals surface area contributed by atoms with E-state index in [0.29, 0.717) is 17.1 Å². The third kappa shape index (κ3) is 2.63. The molecule has 0 bridgehead atoms. The van der Waals surface area contributed by atoms with E-state index in [2.05, 4.69) is 23.0 Å². The predicted octanol–water partition coefficient (Wildman–Crippen LogP) is 2.21. The average molecular weight is 324 g/mol. The molecule has 6 heteroatoms. The molecule has 0 saturated heterocycles. The molecule has 1 aliphatic heterocycles. The molecule has 124 valence electrons. The van der Waals surface area contributed by atoms with Gasteiger partial charge in [-0.1, -0.05) is 6.07 Å². The van der Waals surface area contributed by atoms with Gasteiger partial charge in [0.05, 0.1) is 14.2 Å². The molecule has 0 amide bonds. The first-order valence-corrected chi connectivity index (χ1v) is 7.71. The lowest BCUT2D eigenvalue weighted by atomic mass is 9.91. The molecule has 2 N–H and O–H groups in total. The molecule has 3 rings (SSSR count). The zero-order chi connectivity index (χ0) is 17.3. The number of anilines is 1. The van der Waals surface area contributed by atoms with Crippen LogP contribution in [0.25, 0.3) is 11.1 Å². The molecule has 0 fully saturated rings. The fraction of sp³-hybridized carbons (Fsp3) is 0.333. The maximum atomic E-state index is 9.62. The van der Waals surface area contributed by atoms with Crippen molar-refractivity contribution in [2.75, 3.05) is 33.5 Å². The SMILES string of the molecule is COc1ccc(-c2c(C#N)c(N)nc3c2CN(C)CC3)cc1OC. The Bertz CT molecular complexity index is 827. The Hall–Kier alpha value is -2.78. The second-order valence-corrected chi connectivity index (χ2v) is 5.84. The van der Waals surface area contributed by atoms with Crippen LogP contribution < -0.4 is 15.2 Å². The highest BCUT2D eigenvalue weighted by Gasteiger charge is 2.24. The van der Waals surface area contributed by atoms with Crippen molar-refractivity contribution >= 4 is 5.82 Å². The van der Waals surface area contributed by atoms with Crippen molar-refractivity contribution in [1.29, 1.82) is 5.26 Å². The molecule has 6 nitrogen and oxygen atoms in total. The lowest BCUT2D eigenvalue weighted by molar-refractivity contribution is 0.310. The van der Waals surface area contributed by atoms with E-state index >= 15 is 0 Å². The first kappa shape index (κ1) is 16.1. The molecule has 0 aliphatic carbocycles. The number of nitrogens with zero attached hydrogens (tertiary/aromatic N) is 3. The molecule has 0 atom stereocenters. The Kier molecular flexibility index (Phi) is 4.28. The van der Waals surface area contributed by atoms with Crippen molar-refractivity contribution in [1.82, 2.24) is 9.88 Å². The Labute approximate surface area is 141 Å². The quantitative estimate of drug-likeness (QED) is 0.932. The number of pyridine rings is 1. The van der Waals surface area contributed by atoms with Crippen LogP contribution in [0.4, 0.5) is 5.82 Å². The summed E-state index contributed by atoms with van der Waals surface area (Å²) >= 11 is 0. The van der Waals surface area contributed by atoms with Gasteiger partial charge in [0, 0.05) is 30.8 Å². The van der Waals surface area contributed by atoms with Gasteiger partial charge in [0.15, 0.2) is 11.5 Å². The van der Waals surface area contributed by atoms with Crippen LogP contribution in [0.5, 0.6) is 11.5 Å². The van der Waals surface area contributed by atoms with Crippen LogP contribution in [0.2, 0.25) is 0 Å². The molecular formula is C18H20N4O2. The number of nitriles is 1. The van der Waals surface area contributed by atoms with Gasteiger partial charge in [-0.25, -0.2) is 4.98 Å². The Morgan fingerprint density at radius 2 is 2.00 bits per heavy atom. The highest BCUT2D eigenvalue weighted by Crippen LogP contribution is 2.38. The van der Waals surface area contributed by atoms with Crippen LogP contribution in [0.1, 0.15) is 16.8 Å². The Balaban J connectivity index is 2.27. The van der Waals surface area contributed by atoms with Crippen LogP contribution in [0, 0.1) is 11.3 Å². The molecule has 2 heterocycles. The number of fused-ring (bicyclic) bond motifs is 1. The molecule has 1 aromatic heterocycles. The van der Waals surface area contributed by atoms with Crippen molar-refractivity contribution < 1.29 is 9.47 Å². The van der Waals surface area contributed by atoms with E-state index in [9.17, 15) is 5.26 Å². The van der Waals surface area contributed by atoms with Gasteiger partial charge in [0.25, 0.3) is 0 Å². The number of likely N-dealkylation sites (N-methyl/N-ethyl adjacent to an activating group) is 1. The van der Waals surface area contributed by atoms with E-state index < -0.39 is 0 Å². The summed E-state index contributed by atoms with van der Waals surface area (Å²) < 4.78 is 10.7. The number of methoxy groups -OCH3 is 2. The molecule has 2 aromatic rings. The molecule has 24 heavy (non-hydrogen) atoms. The van der Waals surface area contributed by atoms with Crippen LogP contribution in [-0.4, -0.2) is 37.7 Å². The Morgan fingerprint density at radius 3 is 2.67 bits per heavy atom. The van der Waals surface area contributed by atoms with Gasteiger partial charge in [-0.2, -0.15) is 5.26 Å².